The summed E-state index contributed by atoms with van der Waals surface area (Å²) in [7, 11) is 0. The van der Waals surface area contributed by atoms with Crippen molar-refractivity contribution in [3.8, 4) is 0 Å². The molecule has 0 aromatic rings. The van der Waals surface area contributed by atoms with Crippen molar-refractivity contribution in [1.29, 1.82) is 0 Å². The van der Waals surface area contributed by atoms with E-state index in [1.165, 1.54) is 0 Å². The molecule has 0 saturated heterocycles. The van der Waals surface area contributed by atoms with E-state index >= 15 is 0 Å². The third-order valence-corrected chi connectivity index (χ3v) is 1.38. The van der Waals surface area contributed by atoms with Crippen LogP contribution in [0.4, 0.5) is 0 Å². The minimum absolute atomic E-state index is 0.279. The molecule has 0 aromatic heterocycles. The van der Waals surface area contributed by atoms with Gasteiger partial charge in [0, 0.05) is 0 Å². The monoisotopic (exact) mass is 174 g/mol. The topological polar surface area (TPSA) is 63.6 Å². The molecule has 1 atom stereocenters. The lowest BCUT2D eigenvalue weighted by molar-refractivity contribution is -0.166. The minimum atomic E-state index is -1.09. The number of rotatable bonds is 4. The summed E-state index contributed by atoms with van der Waals surface area (Å²) in [5.41, 5.74) is 0. The second kappa shape index (κ2) is 4.74. The van der Waals surface area contributed by atoms with Gasteiger partial charge in [0.05, 0.1) is 5.92 Å². The van der Waals surface area contributed by atoms with Crippen LogP contribution in [0.3, 0.4) is 0 Å². The fraction of sp³-hybridized carbons (Fsp3) is 0.750. The van der Waals surface area contributed by atoms with E-state index in [1.54, 1.807) is 20.8 Å². The molecule has 0 heterocycles. The van der Waals surface area contributed by atoms with E-state index < -0.39 is 18.0 Å². The summed E-state index contributed by atoms with van der Waals surface area (Å²) in [5, 5.41) is 8.53. The summed E-state index contributed by atoms with van der Waals surface area (Å²) in [6, 6.07) is 0. The van der Waals surface area contributed by atoms with E-state index in [2.05, 4.69) is 4.74 Å². The van der Waals surface area contributed by atoms with Gasteiger partial charge in [0.2, 0.25) is 0 Å². The number of carbonyl (C=O) groups is 2. The molecule has 1 unspecified atom stereocenters. The number of hydrogen-bond acceptors (Lipinski definition) is 3. The molecule has 0 fully saturated rings. The molecule has 1 N–H and O–H groups in total. The van der Waals surface area contributed by atoms with Crippen molar-refractivity contribution in [2.24, 2.45) is 5.92 Å². The molecule has 0 rings (SSSR count). The van der Waals surface area contributed by atoms with Gasteiger partial charge in [0.1, 0.15) is 0 Å². The summed E-state index contributed by atoms with van der Waals surface area (Å²) >= 11 is 0. The summed E-state index contributed by atoms with van der Waals surface area (Å²) in [4.78, 5) is 21.3. The van der Waals surface area contributed by atoms with Gasteiger partial charge < -0.3 is 9.84 Å². The highest BCUT2D eigenvalue weighted by atomic mass is 16.6. The van der Waals surface area contributed by atoms with Gasteiger partial charge in [0.15, 0.2) is 6.10 Å². The number of esters is 1. The van der Waals surface area contributed by atoms with Crippen LogP contribution in [0.2, 0.25) is 0 Å². The van der Waals surface area contributed by atoms with Gasteiger partial charge in [-0.15, -0.1) is 0 Å². The molecule has 0 saturated carbocycles. The van der Waals surface area contributed by atoms with E-state index in [-0.39, 0.29) is 5.92 Å². The van der Waals surface area contributed by atoms with Crippen LogP contribution < -0.4 is 0 Å². The molecule has 0 bridgehead atoms. The van der Waals surface area contributed by atoms with Gasteiger partial charge in [-0.25, -0.2) is 4.79 Å². The number of aliphatic carboxylic acids is 1. The minimum Gasteiger partial charge on any atom is -0.479 e. The first-order chi connectivity index (χ1) is 5.49. The summed E-state index contributed by atoms with van der Waals surface area (Å²) in [6.45, 7) is 4.99. The van der Waals surface area contributed by atoms with Crippen LogP contribution in [0.1, 0.15) is 27.2 Å². The summed E-state index contributed by atoms with van der Waals surface area (Å²) < 4.78 is 4.68. The van der Waals surface area contributed by atoms with Crippen LogP contribution in [-0.2, 0) is 14.3 Å². The molecule has 4 heteroatoms. The maximum absolute atomic E-state index is 10.9. The molecular weight excluding hydrogens is 160 g/mol. The number of carbonyl (C=O) groups excluding carboxylic acids is 1. The predicted octanol–water partition coefficient (Wildman–Crippen LogP) is 1.05. The molecular formula is C8H14O4. The molecule has 0 aliphatic heterocycles. The van der Waals surface area contributed by atoms with Crippen molar-refractivity contribution in [1.82, 2.24) is 0 Å². The van der Waals surface area contributed by atoms with Gasteiger partial charge >= 0.3 is 11.9 Å². The first-order valence-electron chi connectivity index (χ1n) is 3.92. The number of carboxylic acid groups (broad SMARTS) is 1. The fourth-order valence-electron chi connectivity index (χ4n) is 0.585. The van der Waals surface area contributed by atoms with Gasteiger partial charge in [-0.05, 0) is 6.42 Å². The zero-order valence-corrected chi connectivity index (χ0v) is 7.53. The van der Waals surface area contributed by atoms with Crippen LogP contribution in [0.5, 0.6) is 0 Å². The zero-order chi connectivity index (χ0) is 9.72. The highest BCUT2D eigenvalue weighted by Crippen LogP contribution is 2.03. The maximum Gasteiger partial charge on any atom is 0.345 e. The standard InChI is InChI=1S/C8H14O4/c1-4-6(7(9)10)12-8(11)5(2)3/h5-6H,4H2,1-3H3,(H,9,10). The average molecular weight is 174 g/mol. The molecule has 4 nitrogen and oxygen atoms in total. The molecule has 12 heavy (non-hydrogen) atoms. The number of carboxylic acids is 1. The van der Waals surface area contributed by atoms with Gasteiger partial charge in [-0.1, -0.05) is 20.8 Å². The smallest absolute Gasteiger partial charge is 0.345 e. The summed E-state index contributed by atoms with van der Waals surface area (Å²) in [5.74, 6) is -1.84. The van der Waals surface area contributed by atoms with Crippen molar-refractivity contribution < 1.29 is 19.4 Å². The van der Waals surface area contributed by atoms with Crippen molar-refractivity contribution in [2.75, 3.05) is 0 Å². The maximum atomic E-state index is 10.9. The number of hydrogen-bond donors (Lipinski definition) is 1. The zero-order valence-electron chi connectivity index (χ0n) is 7.53. The average Bonchev–Trinajstić information content (AvgIpc) is 1.98. The molecule has 0 aromatic carbocycles. The lowest BCUT2D eigenvalue weighted by atomic mass is 10.2. The highest BCUT2D eigenvalue weighted by molar-refractivity contribution is 5.78. The first-order valence-corrected chi connectivity index (χ1v) is 3.92. The third-order valence-electron chi connectivity index (χ3n) is 1.38. The molecule has 70 valence electrons. The molecule has 0 amide bonds. The Bertz CT molecular complexity index is 174. The quantitative estimate of drug-likeness (QED) is 0.647. The van der Waals surface area contributed by atoms with E-state index in [1.807, 2.05) is 0 Å². The van der Waals surface area contributed by atoms with Crippen LogP contribution in [0, 0.1) is 5.92 Å². The van der Waals surface area contributed by atoms with Gasteiger partial charge in [-0.3, -0.25) is 4.79 Å². The van der Waals surface area contributed by atoms with E-state index in [4.69, 9.17) is 5.11 Å². The van der Waals surface area contributed by atoms with Crippen molar-refractivity contribution in [2.45, 2.75) is 33.3 Å². The molecule has 0 spiro atoms. The van der Waals surface area contributed by atoms with E-state index in [9.17, 15) is 9.59 Å². The highest BCUT2D eigenvalue weighted by Gasteiger charge is 2.21. The second-order valence-electron chi connectivity index (χ2n) is 2.83. The Hall–Kier alpha value is -1.06. The predicted molar refractivity (Wildman–Crippen MR) is 42.6 cm³/mol. The molecule has 0 radical (unpaired) electrons. The van der Waals surface area contributed by atoms with Crippen LogP contribution in [0.25, 0.3) is 0 Å². The van der Waals surface area contributed by atoms with Crippen LogP contribution in [-0.4, -0.2) is 23.1 Å². The van der Waals surface area contributed by atoms with E-state index in [0.717, 1.165) is 0 Å². The Morgan fingerprint density at radius 2 is 1.92 bits per heavy atom. The van der Waals surface area contributed by atoms with Crippen molar-refractivity contribution in [3.63, 3.8) is 0 Å². The summed E-state index contributed by atoms with van der Waals surface area (Å²) in [6.07, 6.45) is -0.701. The lowest BCUT2D eigenvalue weighted by Gasteiger charge is -2.12. The number of ether oxygens (including phenoxy) is 1. The molecule has 0 aliphatic rings. The van der Waals surface area contributed by atoms with E-state index in [0.29, 0.717) is 6.42 Å². The Balaban J connectivity index is 4.03. The first kappa shape index (κ1) is 10.9. The van der Waals surface area contributed by atoms with Crippen molar-refractivity contribution in [3.05, 3.63) is 0 Å². The second-order valence-corrected chi connectivity index (χ2v) is 2.83. The molecule has 0 aliphatic carbocycles. The Morgan fingerprint density at radius 3 is 2.17 bits per heavy atom. The van der Waals surface area contributed by atoms with Crippen LogP contribution >= 0.6 is 0 Å². The fourth-order valence-corrected chi connectivity index (χ4v) is 0.585. The Kier molecular flexibility index (Phi) is 4.33. The lowest BCUT2D eigenvalue weighted by Crippen LogP contribution is -2.28. The van der Waals surface area contributed by atoms with Gasteiger partial charge in [0.25, 0.3) is 0 Å². The third kappa shape index (κ3) is 3.37. The van der Waals surface area contributed by atoms with Crippen molar-refractivity contribution >= 4 is 11.9 Å². The largest absolute Gasteiger partial charge is 0.479 e. The van der Waals surface area contributed by atoms with Crippen LogP contribution in [0.15, 0.2) is 0 Å². The van der Waals surface area contributed by atoms with Gasteiger partial charge in [-0.2, -0.15) is 0 Å². The Labute approximate surface area is 71.5 Å². The normalized spacial score (nSPS) is 12.7. The SMILES string of the molecule is CCC(OC(=O)C(C)C)C(=O)O. The Morgan fingerprint density at radius 1 is 1.42 bits per heavy atom.